The molecule has 0 heterocycles. The first kappa shape index (κ1) is 17.7. The number of hydrogen-bond donors (Lipinski definition) is 2. The highest BCUT2D eigenvalue weighted by Crippen LogP contribution is 2.22. The van der Waals surface area contributed by atoms with Crippen LogP contribution in [-0.2, 0) is 20.0 Å². The van der Waals surface area contributed by atoms with Gasteiger partial charge in [0.05, 0.1) is 20.5 Å². The monoisotopic (exact) mass is 378 g/mol. The molecule has 0 spiro atoms. The highest BCUT2D eigenvalue weighted by atomic mass is 35.5. The molecule has 0 radical (unpaired) electrons. The molecule has 2 rings (SSSR count). The van der Waals surface area contributed by atoms with E-state index in [2.05, 4.69) is 9.44 Å². The van der Waals surface area contributed by atoms with Gasteiger partial charge in [-0.15, -0.1) is 0 Å². The molecular weight excluding hydrogens is 367 g/mol. The van der Waals surface area contributed by atoms with Crippen molar-refractivity contribution >= 4 is 37.3 Å². The fourth-order valence-electron chi connectivity index (χ4n) is 1.69. The van der Waals surface area contributed by atoms with Gasteiger partial charge in [0.25, 0.3) is 10.0 Å². The number of benzene rings is 2. The summed E-state index contributed by atoms with van der Waals surface area (Å²) in [6.07, 6.45) is 0. The van der Waals surface area contributed by atoms with Crippen LogP contribution >= 0.6 is 11.6 Å². The maximum absolute atomic E-state index is 13.1. The van der Waals surface area contributed by atoms with Gasteiger partial charge >= 0.3 is 0 Å². The second-order valence-electron chi connectivity index (χ2n) is 4.41. The molecule has 0 atom stereocenters. The minimum atomic E-state index is -3.96. The van der Waals surface area contributed by atoms with Gasteiger partial charge in [-0.3, -0.25) is 4.72 Å². The van der Waals surface area contributed by atoms with Crippen LogP contribution in [0.15, 0.2) is 52.3 Å². The molecule has 0 aliphatic rings. The lowest BCUT2D eigenvalue weighted by molar-refractivity contribution is 0.587. The van der Waals surface area contributed by atoms with E-state index in [1.165, 1.54) is 13.1 Å². The number of anilines is 1. The summed E-state index contributed by atoms with van der Waals surface area (Å²) in [6.45, 7) is 0. The Labute approximate surface area is 138 Å². The summed E-state index contributed by atoms with van der Waals surface area (Å²) < 4.78 is 65.0. The van der Waals surface area contributed by atoms with Gasteiger partial charge in [0.2, 0.25) is 10.0 Å². The van der Waals surface area contributed by atoms with Crippen molar-refractivity contribution in [3.05, 3.63) is 53.3 Å². The molecule has 0 aliphatic heterocycles. The van der Waals surface area contributed by atoms with Gasteiger partial charge in [-0.1, -0.05) is 11.6 Å². The average Bonchev–Trinajstić information content (AvgIpc) is 2.51. The van der Waals surface area contributed by atoms with Crippen LogP contribution in [0.3, 0.4) is 0 Å². The van der Waals surface area contributed by atoms with Gasteiger partial charge in [-0.05, 0) is 49.5 Å². The maximum Gasteiger partial charge on any atom is 0.261 e. The van der Waals surface area contributed by atoms with Crippen molar-refractivity contribution in [3.63, 3.8) is 0 Å². The second kappa shape index (κ2) is 6.44. The van der Waals surface area contributed by atoms with Gasteiger partial charge in [0, 0.05) is 0 Å². The maximum atomic E-state index is 13.1. The smallest absolute Gasteiger partial charge is 0.261 e. The van der Waals surface area contributed by atoms with Crippen LogP contribution in [0.4, 0.5) is 10.1 Å². The van der Waals surface area contributed by atoms with Crippen molar-refractivity contribution in [3.8, 4) is 0 Å². The molecule has 6 nitrogen and oxygen atoms in total. The lowest BCUT2D eigenvalue weighted by atomic mass is 10.3. The lowest BCUT2D eigenvalue weighted by Crippen LogP contribution is -2.19. The Morgan fingerprint density at radius 1 is 0.913 bits per heavy atom. The van der Waals surface area contributed by atoms with Crippen LogP contribution in [-0.4, -0.2) is 23.9 Å². The van der Waals surface area contributed by atoms with Gasteiger partial charge in [-0.25, -0.2) is 25.9 Å². The van der Waals surface area contributed by atoms with E-state index in [1.807, 2.05) is 0 Å². The molecule has 0 aromatic heterocycles. The highest BCUT2D eigenvalue weighted by molar-refractivity contribution is 7.92. The average molecular weight is 379 g/mol. The SMILES string of the molecule is CNS(=O)(=O)c1ccc(S(=O)(=O)Nc2ccc(F)c(Cl)c2)cc1. The third kappa shape index (κ3) is 3.99. The first-order valence-corrected chi connectivity index (χ1v) is 9.51. The van der Waals surface area contributed by atoms with Crippen molar-refractivity contribution in [2.75, 3.05) is 11.8 Å². The first-order valence-electron chi connectivity index (χ1n) is 6.17. The molecule has 124 valence electrons. The van der Waals surface area contributed by atoms with Gasteiger partial charge < -0.3 is 0 Å². The molecule has 0 aliphatic carbocycles. The third-order valence-electron chi connectivity index (χ3n) is 2.88. The van der Waals surface area contributed by atoms with E-state index in [-0.39, 0.29) is 20.5 Å². The molecule has 10 heteroatoms. The van der Waals surface area contributed by atoms with E-state index < -0.39 is 25.9 Å². The summed E-state index contributed by atoms with van der Waals surface area (Å²) in [5, 5.41) is -0.222. The molecule has 0 bridgehead atoms. The zero-order valence-corrected chi connectivity index (χ0v) is 14.1. The Hall–Kier alpha value is -1.68. The quantitative estimate of drug-likeness (QED) is 0.834. The van der Waals surface area contributed by atoms with E-state index in [0.717, 1.165) is 36.4 Å². The van der Waals surface area contributed by atoms with E-state index in [0.29, 0.717) is 0 Å². The predicted octanol–water partition coefficient (Wildman–Crippen LogP) is 2.19. The molecule has 0 amide bonds. The Kier molecular flexibility index (Phi) is 4.95. The lowest BCUT2D eigenvalue weighted by Gasteiger charge is -2.09. The predicted molar refractivity (Wildman–Crippen MR) is 84.9 cm³/mol. The summed E-state index contributed by atoms with van der Waals surface area (Å²) in [5.74, 6) is -0.670. The van der Waals surface area contributed by atoms with Crippen LogP contribution in [0.5, 0.6) is 0 Å². The van der Waals surface area contributed by atoms with Crippen molar-refractivity contribution in [2.45, 2.75) is 9.79 Å². The van der Waals surface area contributed by atoms with Crippen LogP contribution in [0.25, 0.3) is 0 Å². The van der Waals surface area contributed by atoms with E-state index >= 15 is 0 Å². The fraction of sp³-hybridized carbons (Fsp3) is 0.0769. The summed E-state index contributed by atoms with van der Waals surface area (Å²) in [6, 6.07) is 8.01. The largest absolute Gasteiger partial charge is 0.280 e. The van der Waals surface area contributed by atoms with Gasteiger partial charge in [-0.2, -0.15) is 0 Å². The number of halogens is 2. The highest BCUT2D eigenvalue weighted by Gasteiger charge is 2.17. The van der Waals surface area contributed by atoms with Crippen LogP contribution in [0.1, 0.15) is 0 Å². The summed E-state index contributed by atoms with van der Waals surface area (Å²) in [7, 11) is -6.36. The third-order valence-corrected chi connectivity index (χ3v) is 6.00. The Balaban J connectivity index is 2.31. The normalized spacial score (nSPS) is 12.1. The zero-order valence-electron chi connectivity index (χ0n) is 11.7. The second-order valence-corrected chi connectivity index (χ2v) is 8.39. The van der Waals surface area contributed by atoms with E-state index in [4.69, 9.17) is 11.6 Å². The molecule has 2 N–H and O–H groups in total. The molecule has 2 aromatic carbocycles. The molecule has 2 aromatic rings. The van der Waals surface area contributed by atoms with Crippen molar-refractivity contribution in [2.24, 2.45) is 0 Å². The number of hydrogen-bond acceptors (Lipinski definition) is 4. The number of nitrogens with one attached hydrogen (secondary N) is 2. The Bertz CT molecular complexity index is 929. The Morgan fingerprint density at radius 3 is 1.91 bits per heavy atom. The van der Waals surface area contributed by atoms with Crippen molar-refractivity contribution in [1.82, 2.24) is 4.72 Å². The van der Waals surface area contributed by atoms with Crippen molar-refractivity contribution < 1.29 is 21.2 Å². The van der Waals surface area contributed by atoms with E-state index in [9.17, 15) is 21.2 Å². The van der Waals surface area contributed by atoms with E-state index in [1.54, 1.807) is 0 Å². The molecule has 0 saturated carbocycles. The van der Waals surface area contributed by atoms with Crippen LogP contribution in [0.2, 0.25) is 5.02 Å². The number of sulfonamides is 2. The zero-order chi connectivity index (χ0) is 17.3. The van der Waals surface area contributed by atoms with Crippen LogP contribution in [0, 0.1) is 5.82 Å². The van der Waals surface area contributed by atoms with Crippen molar-refractivity contribution in [1.29, 1.82) is 0 Å². The van der Waals surface area contributed by atoms with Crippen LogP contribution < -0.4 is 9.44 Å². The molecule has 23 heavy (non-hydrogen) atoms. The molecule has 0 fully saturated rings. The Morgan fingerprint density at radius 2 is 1.43 bits per heavy atom. The summed E-state index contributed by atoms with van der Waals surface area (Å²) in [4.78, 5) is -0.211. The molecule has 0 saturated heterocycles. The minimum Gasteiger partial charge on any atom is -0.280 e. The summed E-state index contributed by atoms with van der Waals surface area (Å²) >= 11 is 5.59. The standard InChI is InChI=1S/C13H12ClFN2O4S2/c1-16-22(18,19)10-3-5-11(6-4-10)23(20,21)17-9-2-7-13(15)12(14)8-9/h2-8,16-17H,1H3. The van der Waals surface area contributed by atoms with Gasteiger partial charge in [0.15, 0.2) is 0 Å². The molecule has 0 unspecified atom stereocenters. The summed E-state index contributed by atoms with van der Waals surface area (Å²) in [5.41, 5.74) is 0.0864. The minimum absolute atomic E-state index is 0.0659. The first-order chi connectivity index (χ1) is 10.7. The fourth-order valence-corrected chi connectivity index (χ4v) is 3.65. The molecular formula is C13H12ClFN2O4S2. The number of rotatable bonds is 5. The van der Waals surface area contributed by atoms with Gasteiger partial charge in [0.1, 0.15) is 5.82 Å². The topological polar surface area (TPSA) is 92.3 Å².